The third-order valence-electron chi connectivity index (χ3n) is 4.22. The molecule has 0 heterocycles. The standard InChI is InChI=1S/C20H23FN4O2S/c1-3-13(2)17(23-18(26)14-7-5-4-6-8-14)19(27)24-25-20(28)22-16-11-9-15(21)10-12-16/h4-13,17H,3H2,1-2H3,(H,23,26)(H,24,27)(H2,22,25,28)/t13-,17-/m0/s1. The number of halogens is 1. The summed E-state index contributed by atoms with van der Waals surface area (Å²) in [4.78, 5) is 25.0. The van der Waals surface area contributed by atoms with Crippen LogP contribution in [0.4, 0.5) is 10.1 Å². The number of anilines is 1. The van der Waals surface area contributed by atoms with Gasteiger partial charge >= 0.3 is 0 Å². The molecule has 0 radical (unpaired) electrons. The third-order valence-corrected chi connectivity index (χ3v) is 4.42. The topological polar surface area (TPSA) is 82.3 Å². The largest absolute Gasteiger partial charge is 0.340 e. The molecule has 6 nitrogen and oxygen atoms in total. The van der Waals surface area contributed by atoms with Gasteiger partial charge in [-0.25, -0.2) is 4.39 Å². The summed E-state index contributed by atoms with van der Waals surface area (Å²) in [5, 5.41) is 5.73. The Morgan fingerprint density at radius 1 is 1.04 bits per heavy atom. The Labute approximate surface area is 168 Å². The first-order valence-electron chi connectivity index (χ1n) is 8.89. The average Bonchev–Trinajstić information content (AvgIpc) is 2.71. The first-order chi connectivity index (χ1) is 13.4. The van der Waals surface area contributed by atoms with Crippen molar-refractivity contribution in [1.29, 1.82) is 0 Å². The lowest BCUT2D eigenvalue weighted by Gasteiger charge is -2.24. The Balaban J connectivity index is 1.93. The highest BCUT2D eigenvalue weighted by Crippen LogP contribution is 2.10. The number of hydrazine groups is 1. The Morgan fingerprint density at radius 2 is 1.68 bits per heavy atom. The van der Waals surface area contributed by atoms with Gasteiger partial charge in [0.25, 0.3) is 11.8 Å². The van der Waals surface area contributed by atoms with Crippen molar-refractivity contribution >= 4 is 34.8 Å². The number of carbonyl (C=O) groups excluding carboxylic acids is 2. The van der Waals surface area contributed by atoms with Crippen molar-refractivity contribution < 1.29 is 14.0 Å². The van der Waals surface area contributed by atoms with E-state index in [1.165, 1.54) is 24.3 Å². The number of nitrogens with one attached hydrogen (secondary N) is 4. The summed E-state index contributed by atoms with van der Waals surface area (Å²) in [6.45, 7) is 3.82. The molecule has 8 heteroatoms. The Morgan fingerprint density at radius 3 is 2.29 bits per heavy atom. The first-order valence-corrected chi connectivity index (χ1v) is 9.30. The lowest BCUT2D eigenvalue weighted by molar-refractivity contribution is -0.124. The van der Waals surface area contributed by atoms with Crippen molar-refractivity contribution in [3.05, 3.63) is 66.0 Å². The Hall–Kier alpha value is -3.00. The normalized spacial score (nSPS) is 12.4. The van der Waals surface area contributed by atoms with E-state index >= 15 is 0 Å². The van der Waals surface area contributed by atoms with Gasteiger partial charge in [0.15, 0.2) is 5.11 Å². The second kappa shape index (κ2) is 10.4. The van der Waals surface area contributed by atoms with E-state index in [4.69, 9.17) is 12.2 Å². The minimum absolute atomic E-state index is 0.0897. The van der Waals surface area contributed by atoms with Crippen LogP contribution in [-0.2, 0) is 4.79 Å². The highest BCUT2D eigenvalue weighted by molar-refractivity contribution is 7.80. The molecule has 148 valence electrons. The van der Waals surface area contributed by atoms with Gasteiger partial charge in [-0.3, -0.25) is 20.4 Å². The first kappa shape index (κ1) is 21.3. The fourth-order valence-corrected chi connectivity index (χ4v) is 2.58. The van der Waals surface area contributed by atoms with Crippen LogP contribution in [0.1, 0.15) is 30.6 Å². The SMILES string of the molecule is CC[C@H](C)[C@H](NC(=O)c1ccccc1)C(=O)NNC(=S)Nc1ccc(F)cc1. The van der Waals surface area contributed by atoms with Crippen LogP contribution in [0.15, 0.2) is 54.6 Å². The van der Waals surface area contributed by atoms with Crippen LogP contribution in [0, 0.1) is 11.7 Å². The molecule has 2 amide bonds. The van der Waals surface area contributed by atoms with E-state index in [0.29, 0.717) is 17.7 Å². The highest BCUT2D eigenvalue weighted by atomic mass is 32.1. The van der Waals surface area contributed by atoms with Crippen LogP contribution in [0.2, 0.25) is 0 Å². The monoisotopic (exact) mass is 402 g/mol. The van der Waals surface area contributed by atoms with Crippen molar-refractivity contribution in [3.63, 3.8) is 0 Å². The zero-order chi connectivity index (χ0) is 20.5. The molecule has 2 atom stereocenters. The van der Waals surface area contributed by atoms with Gasteiger partial charge in [0.1, 0.15) is 11.9 Å². The number of hydrogen-bond donors (Lipinski definition) is 4. The maximum Gasteiger partial charge on any atom is 0.261 e. The van der Waals surface area contributed by atoms with Gasteiger partial charge in [0, 0.05) is 11.3 Å². The lowest BCUT2D eigenvalue weighted by atomic mass is 9.98. The summed E-state index contributed by atoms with van der Waals surface area (Å²) in [6, 6.07) is 13.6. The molecular formula is C20H23FN4O2S. The van der Waals surface area contributed by atoms with E-state index in [1.807, 2.05) is 19.9 Å². The van der Waals surface area contributed by atoms with E-state index in [1.54, 1.807) is 24.3 Å². The van der Waals surface area contributed by atoms with Crippen molar-refractivity contribution in [2.24, 2.45) is 5.92 Å². The maximum absolute atomic E-state index is 12.9. The molecule has 28 heavy (non-hydrogen) atoms. The molecular weight excluding hydrogens is 379 g/mol. The predicted molar refractivity (Wildman–Crippen MR) is 111 cm³/mol. The average molecular weight is 402 g/mol. The number of amides is 2. The van der Waals surface area contributed by atoms with Crippen LogP contribution in [-0.4, -0.2) is 23.0 Å². The zero-order valence-corrected chi connectivity index (χ0v) is 16.5. The van der Waals surface area contributed by atoms with Gasteiger partial charge in [-0.15, -0.1) is 0 Å². The molecule has 0 saturated heterocycles. The Bertz CT molecular complexity index is 815. The molecule has 2 aromatic rings. The number of carbonyl (C=O) groups is 2. The van der Waals surface area contributed by atoms with Crippen LogP contribution in [0.3, 0.4) is 0 Å². The summed E-state index contributed by atoms with van der Waals surface area (Å²) in [5.74, 6) is -1.19. The number of hydrogen-bond acceptors (Lipinski definition) is 3. The van der Waals surface area contributed by atoms with E-state index in [0.717, 1.165) is 0 Å². The van der Waals surface area contributed by atoms with Crippen LogP contribution in [0.25, 0.3) is 0 Å². The second-order valence-electron chi connectivity index (χ2n) is 6.28. The summed E-state index contributed by atoms with van der Waals surface area (Å²) in [7, 11) is 0. The Kier molecular flexibility index (Phi) is 7.88. The number of thiocarbonyl (C=S) groups is 1. The van der Waals surface area contributed by atoms with Crippen molar-refractivity contribution in [2.45, 2.75) is 26.3 Å². The molecule has 0 aliphatic rings. The predicted octanol–water partition coefficient (Wildman–Crippen LogP) is 2.99. The second-order valence-corrected chi connectivity index (χ2v) is 6.69. The molecule has 0 aromatic heterocycles. The molecule has 4 N–H and O–H groups in total. The fourth-order valence-electron chi connectivity index (χ4n) is 2.41. The van der Waals surface area contributed by atoms with Gasteiger partial charge in [-0.1, -0.05) is 38.5 Å². The summed E-state index contributed by atoms with van der Waals surface area (Å²) in [6.07, 6.45) is 0.700. The van der Waals surface area contributed by atoms with Gasteiger partial charge in [0.2, 0.25) is 0 Å². The molecule has 0 saturated carbocycles. The summed E-state index contributed by atoms with van der Waals surface area (Å²) in [5.41, 5.74) is 6.15. The maximum atomic E-state index is 12.9. The number of benzene rings is 2. The molecule has 0 unspecified atom stereocenters. The summed E-state index contributed by atoms with van der Waals surface area (Å²) < 4.78 is 12.9. The minimum Gasteiger partial charge on any atom is -0.340 e. The van der Waals surface area contributed by atoms with E-state index in [-0.39, 0.29) is 22.8 Å². The van der Waals surface area contributed by atoms with Crippen LogP contribution in [0.5, 0.6) is 0 Å². The minimum atomic E-state index is -0.737. The van der Waals surface area contributed by atoms with Crippen LogP contribution < -0.4 is 21.5 Å². The summed E-state index contributed by atoms with van der Waals surface area (Å²) >= 11 is 5.11. The van der Waals surface area contributed by atoms with E-state index < -0.39 is 11.9 Å². The smallest absolute Gasteiger partial charge is 0.261 e. The van der Waals surface area contributed by atoms with Gasteiger partial charge in [-0.05, 0) is 54.5 Å². The molecule has 0 fully saturated rings. The molecule has 0 aliphatic heterocycles. The quantitative estimate of drug-likeness (QED) is 0.441. The molecule has 0 bridgehead atoms. The fraction of sp³-hybridized carbons (Fsp3) is 0.250. The highest BCUT2D eigenvalue weighted by Gasteiger charge is 2.26. The molecule has 2 rings (SSSR count). The van der Waals surface area contributed by atoms with Gasteiger partial charge in [-0.2, -0.15) is 0 Å². The molecule has 0 aliphatic carbocycles. The van der Waals surface area contributed by atoms with Crippen molar-refractivity contribution in [1.82, 2.24) is 16.2 Å². The third kappa shape index (κ3) is 6.31. The van der Waals surface area contributed by atoms with E-state index in [2.05, 4.69) is 21.5 Å². The molecule has 2 aromatic carbocycles. The van der Waals surface area contributed by atoms with Gasteiger partial charge < -0.3 is 10.6 Å². The zero-order valence-electron chi connectivity index (χ0n) is 15.7. The molecule has 0 spiro atoms. The lowest BCUT2D eigenvalue weighted by Crippen LogP contribution is -2.55. The van der Waals surface area contributed by atoms with Crippen LogP contribution >= 0.6 is 12.2 Å². The van der Waals surface area contributed by atoms with Crippen molar-refractivity contribution in [2.75, 3.05) is 5.32 Å². The van der Waals surface area contributed by atoms with E-state index in [9.17, 15) is 14.0 Å². The van der Waals surface area contributed by atoms with Crippen molar-refractivity contribution in [3.8, 4) is 0 Å². The van der Waals surface area contributed by atoms with Gasteiger partial charge in [0.05, 0.1) is 0 Å². The number of rotatable bonds is 6.